The fraction of sp³-hybridized carbons (Fsp3) is 0.412. The molecule has 1 aromatic carbocycles. The maximum Gasteiger partial charge on any atom is 0.108 e. The van der Waals surface area contributed by atoms with Crippen LogP contribution in [-0.4, -0.2) is 6.54 Å². The Bertz CT molecular complexity index is 498. The van der Waals surface area contributed by atoms with Crippen LogP contribution in [0.5, 0.6) is 0 Å². The largest absolute Gasteiger partial charge is 0.469 e. The van der Waals surface area contributed by atoms with Gasteiger partial charge in [0.25, 0.3) is 0 Å². The summed E-state index contributed by atoms with van der Waals surface area (Å²) in [5.74, 6) is 1.08. The molecule has 0 bridgehead atoms. The lowest BCUT2D eigenvalue weighted by molar-refractivity contribution is 0.500. The zero-order valence-electron chi connectivity index (χ0n) is 12.1. The van der Waals surface area contributed by atoms with Gasteiger partial charge in [-0.3, -0.25) is 0 Å². The SMILES string of the molecule is CCCNC(c1ccc(C)cc1)c1ccoc1CC. The Morgan fingerprint density at radius 2 is 1.84 bits per heavy atom. The van der Waals surface area contributed by atoms with Crippen molar-refractivity contribution in [2.24, 2.45) is 0 Å². The first kappa shape index (κ1) is 13.9. The van der Waals surface area contributed by atoms with Gasteiger partial charge in [-0.1, -0.05) is 43.7 Å². The van der Waals surface area contributed by atoms with E-state index in [1.807, 2.05) is 0 Å². The van der Waals surface area contributed by atoms with Crippen molar-refractivity contribution in [2.75, 3.05) is 6.54 Å². The molecule has 0 fully saturated rings. The summed E-state index contributed by atoms with van der Waals surface area (Å²) in [4.78, 5) is 0. The number of benzene rings is 1. The molecule has 0 aliphatic heterocycles. The molecule has 19 heavy (non-hydrogen) atoms. The predicted octanol–water partition coefficient (Wildman–Crippen LogP) is 4.24. The summed E-state index contributed by atoms with van der Waals surface area (Å²) in [6.07, 6.45) is 3.85. The number of aryl methyl sites for hydroxylation is 2. The van der Waals surface area contributed by atoms with Gasteiger partial charge in [0.15, 0.2) is 0 Å². The van der Waals surface area contributed by atoms with Crippen LogP contribution in [0.3, 0.4) is 0 Å². The molecule has 0 saturated carbocycles. The molecule has 102 valence electrons. The molecule has 0 aliphatic rings. The molecule has 1 unspecified atom stereocenters. The normalized spacial score (nSPS) is 12.6. The van der Waals surface area contributed by atoms with E-state index in [1.54, 1.807) is 6.26 Å². The van der Waals surface area contributed by atoms with E-state index in [9.17, 15) is 0 Å². The van der Waals surface area contributed by atoms with E-state index in [-0.39, 0.29) is 6.04 Å². The molecule has 2 rings (SSSR count). The van der Waals surface area contributed by atoms with E-state index in [4.69, 9.17) is 4.42 Å². The van der Waals surface area contributed by atoms with Crippen LogP contribution >= 0.6 is 0 Å². The van der Waals surface area contributed by atoms with E-state index in [0.29, 0.717) is 0 Å². The third-order valence-electron chi connectivity index (χ3n) is 3.42. The average molecular weight is 257 g/mol. The molecule has 0 spiro atoms. The number of nitrogens with one attached hydrogen (secondary N) is 1. The first-order valence-corrected chi connectivity index (χ1v) is 7.12. The van der Waals surface area contributed by atoms with E-state index in [1.165, 1.54) is 16.7 Å². The Morgan fingerprint density at radius 3 is 2.47 bits per heavy atom. The molecular formula is C17H23NO. The molecule has 0 radical (unpaired) electrons. The van der Waals surface area contributed by atoms with E-state index < -0.39 is 0 Å². The van der Waals surface area contributed by atoms with Gasteiger partial charge in [-0.2, -0.15) is 0 Å². The lowest BCUT2D eigenvalue weighted by Crippen LogP contribution is -2.23. The molecule has 1 N–H and O–H groups in total. The summed E-state index contributed by atoms with van der Waals surface area (Å²) in [6, 6.07) is 11.1. The molecule has 0 aliphatic carbocycles. The number of furan rings is 1. The molecule has 0 amide bonds. The fourth-order valence-corrected chi connectivity index (χ4v) is 2.35. The highest BCUT2D eigenvalue weighted by atomic mass is 16.3. The van der Waals surface area contributed by atoms with Crippen molar-refractivity contribution in [3.8, 4) is 0 Å². The van der Waals surface area contributed by atoms with Gasteiger partial charge in [-0.05, 0) is 31.5 Å². The van der Waals surface area contributed by atoms with Gasteiger partial charge in [0.2, 0.25) is 0 Å². The highest BCUT2D eigenvalue weighted by molar-refractivity contribution is 5.34. The van der Waals surface area contributed by atoms with Crippen LogP contribution in [0.25, 0.3) is 0 Å². The standard InChI is InChI=1S/C17H23NO/c1-4-11-18-17(14-8-6-13(3)7-9-14)15-10-12-19-16(15)5-2/h6-10,12,17-18H,4-5,11H2,1-3H3. The molecule has 1 heterocycles. The van der Waals surface area contributed by atoms with Crippen molar-refractivity contribution >= 4 is 0 Å². The smallest absolute Gasteiger partial charge is 0.108 e. The van der Waals surface area contributed by atoms with Crippen LogP contribution < -0.4 is 5.32 Å². The molecule has 2 aromatic rings. The topological polar surface area (TPSA) is 25.2 Å². The van der Waals surface area contributed by atoms with Gasteiger partial charge in [-0.25, -0.2) is 0 Å². The second-order valence-corrected chi connectivity index (χ2v) is 4.95. The van der Waals surface area contributed by atoms with Gasteiger partial charge in [0.05, 0.1) is 12.3 Å². The van der Waals surface area contributed by atoms with Crippen LogP contribution in [0, 0.1) is 6.92 Å². The van der Waals surface area contributed by atoms with Crippen LogP contribution in [0.1, 0.15) is 48.8 Å². The van der Waals surface area contributed by atoms with E-state index in [0.717, 1.165) is 25.1 Å². The summed E-state index contributed by atoms with van der Waals surface area (Å²) in [7, 11) is 0. The van der Waals surface area contributed by atoms with Gasteiger partial charge >= 0.3 is 0 Å². The Labute approximate surface area is 115 Å². The summed E-state index contributed by atoms with van der Waals surface area (Å²) in [5, 5.41) is 3.62. The predicted molar refractivity (Wildman–Crippen MR) is 79.4 cm³/mol. The Hall–Kier alpha value is -1.54. The van der Waals surface area contributed by atoms with Crippen molar-refractivity contribution < 1.29 is 4.42 Å². The zero-order valence-corrected chi connectivity index (χ0v) is 12.1. The molecule has 1 aromatic heterocycles. The minimum Gasteiger partial charge on any atom is -0.469 e. The summed E-state index contributed by atoms with van der Waals surface area (Å²) in [6.45, 7) is 7.45. The van der Waals surface area contributed by atoms with Crippen LogP contribution in [0.2, 0.25) is 0 Å². The van der Waals surface area contributed by atoms with Crippen molar-refractivity contribution in [1.82, 2.24) is 5.32 Å². The molecule has 2 nitrogen and oxygen atoms in total. The Kier molecular flexibility index (Phi) is 4.80. The van der Waals surface area contributed by atoms with Crippen LogP contribution in [0.4, 0.5) is 0 Å². The maximum atomic E-state index is 5.58. The average Bonchev–Trinajstić information content (AvgIpc) is 2.89. The first-order chi connectivity index (χ1) is 9.26. The first-order valence-electron chi connectivity index (χ1n) is 7.12. The Morgan fingerprint density at radius 1 is 1.11 bits per heavy atom. The maximum absolute atomic E-state index is 5.58. The third kappa shape index (κ3) is 3.27. The third-order valence-corrected chi connectivity index (χ3v) is 3.42. The summed E-state index contributed by atoms with van der Waals surface area (Å²) >= 11 is 0. The van der Waals surface area contributed by atoms with E-state index >= 15 is 0 Å². The lowest BCUT2D eigenvalue weighted by atomic mass is 9.97. The molecular weight excluding hydrogens is 234 g/mol. The van der Waals surface area contributed by atoms with Gasteiger partial charge in [0.1, 0.15) is 5.76 Å². The van der Waals surface area contributed by atoms with Gasteiger partial charge in [0, 0.05) is 12.0 Å². The summed E-state index contributed by atoms with van der Waals surface area (Å²) in [5.41, 5.74) is 3.86. The summed E-state index contributed by atoms with van der Waals surface area (Å²) < 4.78 is 5.58. The fourth-order valence-electron chi connectivity index (χ4n) is 2.35. The quantitative estimate of drug-likeness (QED) is 0.837. The van der Waals surface area contributed by atoms with Crippen molar-refractivity contribution in [3.63, 3.8) is 0 Å². The number of hydrogen-bond acceptors (Lipinski definition) is 2. The van der Waals surface area contributed by atoms with Crippen LogP contribution in [-0.2, 0) is 6.42 Å². The van der Waals surface area contributed by atoms with Crippen molar-refractivity contribution in [1.29, 1.82) is 0 Å². The van der Waals surface area contributed by atoms with E-state index in [2.05, 4.69) is 56.4 Å². The monoisotopic (exact) mass is 257 g/mol. The number of hydrogen-bond donors (Lipinski definition) is 1. The minimum absolute atomic E-state index is 0.231. The van der Waals surface area contributed by atoms with Crippen LogP contribution in [0.15, 0.2) is 41.0 Å². The van der Waals surface area contributed by atoms with Crippen molar-refractivity contribution in [3.05, 3.63) is 59.0 Å². The minimum atomic E-state index is 0.231. The van der Waals surface area contributed by atoms with Gasteiger partial charge in [-0.15, -0.1) is 0 Å². The molecule has 0 saturated heterocycles. The lowest BCUT2D eigenvalue weighted by Gasteiger charge is -2.19. The molecule has 1 atom stereocenters. The second-order valence-electron chi connectivity index (χ2n) is 4.95. The van der Waals surface area contributed by atoms with Gasteiger partial charge < -0.3 is 9.73 Å². The zero-order chi connectivity index (χ0) is 13.7. The number of rotatable bonds is 6. The Balaban J connectivity index is 2.32. The second kappa shape index (κ2) is 6.58. The highest BCUT2D eigenvalue weighted by Crippen LogP contribution is 2.26. The van der Waals surface area contributed by atoms with Crippen molar-refractivity contribution in [2.45, 2.75) is 39.7 Å². The highest BCUT2D eigenvalue weighted by Gasteiger charge is 2.18. The molecule has 2 heteroatoms.